The summed E-state index contributed by atoms with van der Waals surface area (Å²) in [4.78, 5) is 12.0. The molecular formula is C23H28O3Si. The lowest BCUT2D eigenvalue weighted by molar-refractivity contribution is -0.117. The van der Waals surface area contributed by atoms with Crippen LogP contribution in [0.15, 0.2) is 72.5 Å². The maximum atomic E-state index is 12.0. The molecule has 142 valence electrons. The topological polar surface area (TPSA) is 46.5 Å². The molecule has 1 unspecified atom stereocenters. The first-order valence-corrected chi connectivity index (χ1v) is 11.4. The molecule has 1 aliphatic rings. The molecule has 0 bridgehead atoms. The van der Waals surface area contributed by atoms with E-state index in [0.717, 1.165) is 6.26 Å². The zero-order chi connectivity index (χ0) is 19.5. The van der Waals surface area contributed by atoms with Crippen molar-refractivity contribution in [2.75, 3.05) is 0 Å². The molecule has 0 amide bonds. The largest absolute Gasteiger partial charge is 0.515 e. The Morgan fingerprint density at radius 3 is 1.96 bits per heavy atom. The molecule has 0 aromatic heterocycles. The van der Waals surface area contributed by atoms with Gasteiger partial charge in [-0.05, 0) is 21.8 Å². The van der Waals surface area contributed by atoms with Gasteiger partial charge in [-0.2, -0.15) is 0 Å². The average Bonchev–Trinajstić information content (AvgIpc) is 2.67. The summed E-state index contributed by atoms with van der Waals surface area (Å²) in [5.41, 5.74) is 0.476. The molecule has 4 heteroatoms. The van der Waals surface area contributed by atoms with Gasteiger partial charge in [-0.1, -0.05) is 81.4 Å². The third-order valence-electron chi connectivity index (χ3n) is 5.42. The molecule has 3 nitrogen and oxygen atoms in total. The summed E-state index contributed by atoms with van der Waals surface area (Å²) >= 11 is 0. The van der Waals surface area contributed by atoms with Crippen LogP contribution < -0.4 is 10.4 Å². The van der Waals surface area contributed by atoms with Gasteiger partial charge in [-0.25, -0.2) is 0 Å². The van der Waals surface area contributed by atoms with Gasteiger partial charge in [0.2, 0.25) is 0 Å². The normalized spacial score (nSPS) is 20.0. The Morgan fingerprint density at radius 1 is 1.00 bits per heavy atom. The van der Waals surface area contributed by atoms with E-state index in [1.807, 2.05) is 12.1 Å². The second kappa shape index (κ2) is 7.83. The molecule has 0 spiro atoms. The van der Waals surface area contributed by atoms with Gasteiger partial charge in [0.15, 0.2) is 5.78 Å². The van der Waals surface area contributed by atoms with Crippen LogP contribution in [-0.4, -0.2) is 25.3 Å². The summed E-state index contributed by atoms with van der Waals surface area (Å²) in [5.74, 6) is 0.0276. The molecule has 1 fully saturated rings. The number of hydrogen-bond donors (Lipinski definition) is 1. The number of aliphatic hydroxyl groups excluding tert-OH is 1. The highest BCUT2D eigenvalue weighted by Crippen LogP contribution is 2.39. The lowest BCUT2D eigenvalue weighted by Crippen LogP contribution is -2.67. The van der Waals surface area contributed by atoms with E-state index in [9.17, 15) is 9.90 Å². The summed E-state index contributed by atoms with van der Waals surface area (Å²) in [5, 5.41) is 11.8. The van der Waals surface area contributed by atoms with Crippen molar-refractivity contribution in [3.8, 4) is 0 Å². The van der Waals surface area contributed by atoms with E-state index < -0.39 is 8.32 Å². The molecule has 0 saturated heterocycles. The fourth-order valence-electron chi connectivity index (χ4n) is 4.08. The molecule has 1 aliphatic carbocycles. The minimum atomic E-state index is -2.62. The van der Waals surface area contributed by atoms with Crippen LogP contribution in [0.25, 0.3) is 0 Å². The Morgan fingerprint density at radius 2 is 1.52 bits per heavy atom. The van der Waals surface area contributed by atoms with Gasteiger partial charge in [-0.15, -0.1) is 0 Å². The number of rotatable bonds is 4. The summed E-state index contributed by atoms with van der Waals surface area (Å²) in [6.07, 6.45) is 2.48. The molecule has 0 aliphatic heterocycles. The fourth-order valence-corrected chi connectivity index (χ4v) is 8.80. The fraction of sp³-hybridized carbons (Fsp3) is 0.348. The Bertz CT molecular complexity index is 767. The number of hydrogen-bond acceptors (Lipinski definition) is 3. The highest BCUT2D eigenvalue weighted by molar-refractivity contribution is 6.99. The molecule has 2 aromatic rings. The Kier molecular flexibility index (Phi) is 5.68. The van der Waals surface area contributed by atoms with E-state index in [1.165, 1.54) is 10.4 Å². The second-order valence-corrected chi connectivity index (χ2v) is 12.5. The summed E-state index contributed by atoms with van der Waals surface area (Å²) in [6, 6.07) is 21.0. The summed E-state index contributed by atoms with van der Waals surface area (Å²) in [7, 11) is -2.62. The minimum Gasteiger partial charge on any atom is -0.515 e. The van der Waals surface area contributed by atoms with Gasteiger partial charge in [0.25, 0.3) is 8.32 Å². The van der Waals surface area contributed by atoms with Crippen molar-refractivity contribution in [1.82, 2.24) is 0 Å². The van der Waals surface area contributed by atoms with Crippen molar-refractivity contribution in [2.24, 2.45) is 0 Å². The van der Waals surface area contributed by atoms with Crippen LogP contribution in [0.3, 0.4) is 0 Å². The molecule has 0 radical (unpaired) electrons. The minimum absolute atomic E-state index is 0.0276. The summed E-state index contributed by atoms with van der Waals surface area (Å²) in [6.45, 7) is 6.74. The van der Waals surface area contributed by atoms with Gasteiger partial charge in [0.05, 0.1) is 12.4 Å². The molecule has 1 saturated carbocycles. The van der Waals surface area contributed by atoms with E-state index in [1.54, 1.807) is 0 Å². The van der Waals surface area contributed by atoms with Crippen molar-refractivity contribution in [3.05, 3.63) is 72.5 Å². The van der Waals surface area contributed by atoms with Crippen molar-refractivity contribution in [1.29, 1.82) is 0 Å². The molecule has 1 N–H and O–H groups in total. The predicted octanol–water partition coefficient (Wildman–Crippen LogP) is 4.13. The first-order chi connectivity index (χ1) is 12.9. The molecular weight excluding hydrogens is 352 g/mol. The first kappa shape index (κ1) is 19.6. The number of carbonyl (C=O) groups excluding carboxylic acids is 1. The smallest absolute Gasteiger partial charge is 0.261 e. The van der Waals surface area contributed by atoms with Crippen LogP contribution in [0.1, 0.15) is 40.0 Å². The van der Waals surface area contributed by atoms with Crippen LogP contribution in [0, 0.1) is 0 Å². The standard InChI is InChI=1S/C23H28O3Si/c1-23(2,3)27(20-10-6-4-7-11-20,21-12-8-5-9-13-21)26-19-14-15-22(25)18(16-19)17-24/h4-13,17,19,24H,14-16H2,1-3H3/b18-17-. The monoisotopic (exact) mass is 380 g/mol. The van der Waals surface area contributed by atoms with Gasteiger partial charge >= 0.3 is 0 Å². The summed E-state index contributed by atoms with van der Waals surface area (Å²) < 4.78 is 7.03. The third-order valence-corrected chi connectivity index (χ3v) is 10.5. The van der Waals surface area contributed by atoms with E-state index in [0.29, 0.717) is 24.8 Å². The average molecular weight is 381 g/mol. The number of carbonyl (C=O) groups is 1. The van der Waals surface area contributed by atoms with E-state index in [4.69, 9.17) is 4.43 Å². The van der Waals surface area contributed by atoms with Crippen molar-refractivity contribution >= 4 is 24.5 Å². The number of aliphatic hydroxyl groups is 1. The van der Waals surface area contributed by atoms with Gasteiger partial charge in [-0.3, -0.25) is 4.79 Å². The van der Waals surface area contributed by atoms with Gasteiger partial charge < -0.3 is 9.53 Å². The predicted molar refractivity (Wildman–Crippen MR) is 112 cm³/mol. The molecule has 0 heterocycles. The van der Waals surface area contributed by atoms with Crippen LogP contribution in [-0.2, 0) is 9.22 Å². The van der Waals surface area contributed by atoms with Crippen molar-refractivity contribution < 1.29 is 14.3 Å². The lowest BCUT2D eigenvalue weighted by atomic mass is 9.92. The van der Waals surface area contributed by atoms with E-state index in [2.05, 4.69) is 69.3 Å². The zero-order valence-corrected chi connectivity index (χ0v) is 17.3. The first-order valence-electron chi connectivity index (χ1n) is 9.54. The van der Waals surface area contributed by atoms with Crippen LogP contribution >= 0.6 is 0 Å². The number of Topliss-reactive ketones (excluding diaryl/α,β-unsaturated/α-hetero) is 1. The highest BCUT2D eigenvalue weighted by atomic mass is 28.4. The molecule has 1 atom stereocenters. The van der Waals surface area contributed by atoms with Gasteiger partial charge in [0.1, 0.15) is 0 Å². The van der Waals surface area contributed by atoms with Gasteiger partial charge in [0, 0.05) is 18.4 Å². The maximum absolute atomic E-state index is 12.0. The Balaban J connectivity index is 2.11. The Labute approximate surface area is 162 Å². The molecule has 3 rings (SSSR count). The van der Waals surface area contributed by atoms with Crippen LogP contribution in [0.5, 0.6) is 0 Å². The van der Waals surface area contributed by atoms with Crippen molar-refractivity contribution in [2.45, 2.75) is 51.2 Å². The highest BCUT2D eigenvalue weighted by Gasteiger charge is 2.51. The SMILES string of the molecule is CC(C)(C)[Si](OC1CCC(=O)/C(=C\O)C1)(c1ccccc1)c1ccccc1. The molecule has 2 aromatic carbocycles. The lowest BCUT2D eigenvalue weighted by Gasteiger charge is -2.45. The quantitative estimate of drug-likeness (QED) is 0.493. The maximum Gasteiger partial charge on any atom is 0.261 e. The zero-order valence-electron chi connectivity index (χ0n) is 16.3. The van der Waals surface area contributed by atoms with Crippen molar-refractivity contribution in [3.63, 3.8) is 0 Å². The Hall–Kier alpha value is -2.17. The number of ketones is 1. The second-order valence-electron chi connectivity index (χ2n) is 8.22. The van der Waals surface area contributed by atoms with Crippen LogP contribution in [0.4, 0.5) is 0 Å². The third kappa shape index (κ3) is 3.78. The van der Waals surface area contributed by atoms with E-state index in [-0.39, 0.29) is 16.9 Å². The molecule has 27 heavy (non-hydrogen) atoms. The van der Waals surface area contributed by atoms with Crippen LogP contribution in [0.2, 0.25) is 5.04 Å². The van der Waals surface area contributed by atoms with E-state index >= 15 is 0 Å². The number of benzene rings is 2.